The third-order valence-corrected chi connectivity index (χ3v) is 1.65. The largest absolute Gasteiger partial charge is 0.412 e. The predicted molar refractivity (Wildman–Crippen MR) is 55.7 cm³/mol. The van der Waals surface area contributed by atoms with Crippen LogP contribution in [0.25, 0.3) is 0 Å². The molecule has 0 bridgehead atoms. The van der Waals surface area contributed by atoms with Crippen molar-refractivity contribution < 1.29 is 9.53 Å². The number of amides is 1. The summed E-state index contributed by atoms with van der Waals surface area (Å²) in [5.41, 5.74) is 1.01. The third-order valence-electron chi connectivity index (χ3n) is 1.65. The molecule has 0 unspecified atom stereocenters. The first-order valence-corrected chi connectivity index (χ1v) is 4.49. The number of carbonyl (C=O) groups is 1. The highest BCUT2D eigenvalue weighted by atomic mass is 16.5. The molecule has 4 nitrogen and oxygen atoms in total. The molecule has 0 saturated heterocycles. The van der Waals surface area contributed by atoms with Gasteiger partial charge >= 0.3 is 6.09 Å². The minimum absolute atomic E-state index is 0.457. The zero-order chi connectivity index (χ0) is 10.4. The molecule has 0 spiro atoms. The second-order valence-electron chi connectivity index (χ2n) is 2.69. The quantitative estimate of drug-likeness (QED) is 0.771. The van der Waals surface area contributed by atoms with Crippen LogP contribution in [-0.4, -0.2) is 19.7 Å². The van der Waals surface area contributed by atoms with Crippen LogP contribution in [0.4, 0.5) is 10.5 Å². The van der Waals surface area contributed by atoms with E-state index >= 15 is 0 Å². The molecule has 0 atom stereocenters. The fourth-order valence-electron chi connectivity index (χ4n) is 1.00. The van der Waals surface area contributed by atoms with Crippen LogP contribution in [0.1, 0.15) is 6.92 Å². The van der Waals surface area contributed by atoms with Crippen molar-refractivity contribution in [2.24, 2.45) is 0 Å². The van der Waals surface area contributed by atoms with Crippen LogP contribution < -0.4 is 15.4 Å². The van der Waals surface area contributed by atoms with Crippen LogP contribution in [0, 0.1) is 0 Å². The summed E-state index contributed by atoms with van der Waals surface area (Å²) < 4.78 is 4.92. The highest BCUT2D eigenvalue weighted by Crippen LogP contribution is 2.15. The second-order valence-corrected chi connectivity index (χ2v) is 2.69. The highest BCUT2D eigenvalue weighted by Gasteiger charge is 1.99. The van der Waals surface area contributed by atoms with Gasteiger partial charge in [-0.2, -0.15) is 0 Å². The lowest BCUT2D eigenvalue weighted by atomic mass is 10.3. The Morgan fingerprint density at radius 1 is 1.36 bits per heavy atom. The van der Waals surface area contributed by atoms with Crippen LogP contribution in [0.3, 0.4) is 0 Å². The van der Waals surface area contributed by atoms with E-state index in [1.165, 1.54) is 7.05 Å². The molecule has 0 aliphatic heterocycles. The molecule has 1 aromatic rings. The standard InChI is InChI=1S/C10H14N2O2/c1-3-12-8-4-6-9(7-5-8)14-10(13)11-2/h4-7,12H,3H2,1-2H3,(H,11,13). The van der Waals surface area contributed by atoms with Crippen molar-refractivity contribution in [3.05, 3.63) is 24.3 Å². The predicted octanol–water partition coefficient (Wildman–Crippen LogP) is 1.84. The van der Waals surface area contributed by atoms with E-state index in [1.54, 1.807) is 12.1 Å². The smallest absolute Gasteiger partial charge is 0.410 e. The first-order valence-electron chi connectivity index (χ1n) is 4.49. The van der Waals surface area contributed by atoms with Crippen LogP contribution in [-0.2, 0) is 0 Å². The summed E-state index contributed by atoms with van der Waals surface area (Å²) in [4.78, 5) is 10.8. The van der Waals surface area contributed by atoms with Gasteiger partial charge < -0.3 is 15.4 Å². The van der Waals surface area contributed by atoms with Gasteiger partial charge in [-0.05, 0) is 31.2 Å². The Morgan fingerprint density at radius 2 is 2.00 bits per heavy atom. The Kier molecular flexibility index (Phi) is 3.79. The first-order chi connectivity index (χ1) is 6.76. The van der Waals surface area contributed by atoms with Crippen molar-refractivity contribution in [2.75, 3.05) is 18.9 Å². The number of ether oxygens (including phenoxy) is 1. The molecule has 0 aliphatic rings. The van der Waals surface area contributed by atoms with E-state index in [1.807, 2.05) is 19.1 Å². The molecule has 0 radical (unpaired) electrons. The van der Waals surface area contributed by atoms with Crippen molar-refractivity contribution in [3.63, 3.8) is 0 Å². The van der Waals surface area contributed by atoms with E-state index < -0.39 is 6.09 Å². The van der Waals surface area contributed by atoms with Gasteiger partial charge in [0, 0.05) is 19.3 Å². The van der Waals surface area contributed by atoms with E-state index in [0.29, 0.717) is 5.75 Å². The maximum atomic E-state index is 10.8. The minimum atomic E-state index is -0.457. The third kappa shape index (κ3) is 2.97. The highest BCUT2D eigenvalue weighted by molar-refractivity contribution is 5.70. The van der Waals surface area contributed by atoms with Crippen molar-refractivity contribution in [1.82, 2.24) is 5.32 Å². The molecule has 1 rings (SSSR count). The topological polar surface area (TPSA) is 50.4 Å². The molecule has 0 aromatic heterocycles. The van der Waals surface area contributed by atoms with Crippen LogP contribution in [0.5, 0.6) is 5.75 Å². The van der Waals surface area contributed by atoms with Crippen molar-refractivity contribution >= 4 is 11.8 Å². The van der Waals surface area contributed by atoms with Crippen molar-refractivity contribution in [3.8, 4) is 5.75 Å². The number of anilines is 1. The zero-order valence-electron chi connectivity index (χ0n) is 8.33. The molecule has 76 valence electrons. The monoisotopic (exact) mass is 194 g/mol. The maximum Gasteiger partial charge on any atom is 0.412 e. The summed E-state index contributed by atoms with van der Waals surface area (Å²) in [6, 6.07) is 7.21. The van der Waals surface area contributed by atoms with E-state index in [9.17, 15) is 4.79 Å². The fraction of sp³-hybridized carbons (Fsp3) is 0.300. The van der Waals surface area contributed by atoms with Gasteiger partial charge in [0.2, 0.25) is 0 Å². The van der Waals surface area contributed by atoms with Gasteiger partial charge in [-0.3, -0.25) is 0 Å². The Morgan fingerprint density at radius 3 is 2.50 bits per heavy atom. The Bertz CT molecular complexity index is 295. The summed E-state index contributed by atoms with van der Waals surface area (Å²) in [5, 5.41) is 5.52. The van der Waals surface area contributed by atoms with E-state index in [0.717, 1.165) is 12.2 Å². The summed E-state index contributed by atoms with van der Waals surface area (Å²) in [7, 11) is 1.52. The fourth-order valence-corrected chi connectivity index (χ4v) is 1.00. The molecule has 0 saturated carbocycles. The number of benzene rings is 1. The number of nitrogens with one attached hydrogen (secondary N) is 2. The van der Waals surface area contributed by atoms with Crippen molar-refractivity contribution in [2.45, 2.75) is 6.92 Å². The number of hydrogen-bond donors (Lipinski definition) is 2. The van der Waals surface area contributed by atoms with Crippen LogP contribution >= 0.6 is 0 Å². The van der Waals surface area contributed by atoms with Crippen LogP contribution in [0.15, 0.2) is 24.3 Å². The Balaban J connectivity index is 2.59. The summed E-state index contributed by atoms with van der Waals surface area (Å²) in [6.45, 7) is 2.89. The summed E-state index contributed by atoms with van der Waals surface area (Å²) in [6.07, 6.45) is -0.457. The van der Waals surface area contributed by atoms with Gasteiger partial charge in [0.1, 0.15) is 5.75 Å². The van der Waals surface area contributed by atoms with E-state index in [-0.39, 0.29) is 0 Å². The normalized spacial score (nSPS) is 9.29. The van der Waals surface area contributed by atoms with Gasteiger partial charge in [0.05, 0.1) is 0 Å². The second kappa shape index (κ2) is 5.11. The van der Waals surface area contributed by atoms with Crippen molar-refractivity contribution in [1.29, 1.82) is 0 Å². The molecule has 14 heavy (non-hydrogen) atoms. The molecule has 0 aliphatic carbocycles. The molecular weight excluding hydrogens is 180 g/mol. The maximum absolute atomic E-state index is 10.8. The molecule has 2 N–H and O–H groups in total. The van der Waals surface area contributed by atoms with Gasteiger partial charge in [0.15, 0.2) is 0 Å². The van der Waals surface area contributed by atoms with Gasteiger partial charge in [0.25, 0.3) is 0 Å². The Hall–Kier alpha value is -1.71. The van der Waals surface area contributed by atoms with Gasteiger partial charge in [-0.25, -0.2) is 4.79 Å². The molecule has 0 fully saturated rings. The minimum Gasteiger partial charge on any atom is -0.410 e. The van der Waals surface area contributed by atoms with Gasteiger partial charge in [-0.1, -0.05) is 0 Å². The lowest BCUT2D eigenvalue weighted by molar-refractivity contribution is 0.203. The lowest BCUT2D eigenvalue weighted by Crippen LogP contribution is -2.21. The average Bonchev–Trinajstić information content (AvgIpc) is 2.21. The molecule has 1 amide bonds. The Labute approximate surface area is 83.3 Å². The lowest BCUT2D eigenvalue weighted by Gasteiger charge is -2.05. The molecule has 4 heteroatoms. The summed E-state index contributed by atoms with van der Waals surface area (Å²) in [5.74, 6) is 0.533. The zero-order valence-corrected chi connectivity index (χ0v) is 8.33. The number of rotatable bonds is 3. The first kappa shape index (κ1) is 10.4. The SMILES string of the molecule is CCNc1ccc(OC(=O)NC)cc1. The van der Waals surface area contributed by atoms with E-state index in [2.05, 4.69) is 10.6 Å². The number of hydrogen-bond acceptors (Lipinski definition) is 3. The molecule has 1 aromatic carbocycles. The molecular formula is C10H14N2O2. The van der Waals surface area contributed by atoms with Gasteiger partial charge in [-0.15, -0.1) is 0 Å². The van der Waals surface area contributed by atoms with E-state index in [4.69, 9.17) is 4.74 Å². The summed E-state index contributed by atoms with van der Waals surface area (Å²) >= 11 is 0. The van der Waals surface area contributed by atoms with Crippen LogP contribution in [0.2, 0.25) is 0 Å². The molecule has 0 heterocycles. The average molecular weight is 194 g/mol. The number of carbonyl (C=O) groups excluding carboxylic acids is 1.